The zero-order valence-electron chi connectivity index (χ0n) is 15.4. The van der Waals surface area contributed by atoms with Crippen LogP contribution in [0.1, 0.15) is 59.7 Å². The van der Waals surface area contributed by atoms with Crippen LogP contribution in [-0.2, 0) is 14.9 Å². The smallest absolute Gasteiger partial charge is 0.329 e. The molecule has 7 heteroatoms. The maximum atomic E-state index is 13.0. The molecule has 0 radical (unpaired) electrons. The number of halogens is 1. The maximum Gasteiger partial charge on any atom is 0.329 e. The normalized spacial score (nSPS) is 20.4. The van der Waals surface area contributed by atoms with Crippen LogP contribution in [0.25, 0.3) is 0 Å². The Hall–Kier alpha value is -1.56. The van der Waals surface area contributed by atoms with Crippen molar-refractivity contribution in [3.05, 3.63) is 21.2 Å². The van der Waals surface area contributed by atoms with Crippen molar-refractivity contribution in [1.29, 1.82) is 0 Å². The van der Waals surface area contributed by atoms with Crippen molar-refractivity contribution in [3.63, 3.8) is 0 Å². The molecule has 24 heavy (non-hydrogen) atoms. The van der Waals surface area contributed by atoms with E-state index in [1.165, 1.54) is 11.7 Å². The minimum Gasteiger partial charge on any atom is -0.467 e. The molecule has 2 atom stereocenters. The average molecular weight is 356 g/mol. The van der Waals surface area contributed by atoms with E-state index in [4.69, 9.17) is 16.3 Å². The topological polar surface area (TPSA) is 73.2 Å². The van der Waals surface area contributed by atoms with E-state index in [2.05, 4.69) is 31.1 Å². The molecule has 1 N–H and O–H groups in total. The fraction of sp³-hybridized carbons (Fsp3) is 0.706. The van der Waals surface area contributed by atoms with E-state index in [9.17, 15) is 9.59 Å². The van der Waals surface area contributed by atoms with Gasteiger partial charge in [-0.15, -0.1) is 0 Å². The Labute approximate surface area is 147 Å². The number of fused-ring (bicyclic) bond motifs is 1. The molecule has 2 heterocycles. The third-order valence-electron chi connectivity index (χ3n) is 4.85. The number of nitrogens with zero attached hydrogens (tertiary/aromatic N) is 2. The predicted molar refractivity (Wildman–Crippen MR) is 94.7 cm³/mol. The number of hydrogen-bond acceptors (Lipinski definition) is 5. The van der Waals surface area contributed by atoms with E-state index in [1.807, 2.05) is 20.8 Å². The van der Waals surface area contributed by atoms with Crippen LogP contribution in [0.5, 0.6) is 0 Å². The Bertz CT molecular complexity index is 719. The van der Waals surface area contributed by atoms with Crippen LogP contribution in [0.15, 0.2) is 4.79 Å². The highest BCUT2D eigenvalue weighted by atomic mass is 35.5. The molecule has 1 unspecified atom stereocenters. The number of anilines is 1. The molecular formula is C17H26ClN3O3. The summed E-state index contributed by atoms with van der Waals surface area (Å²) in [5.74, 6) is -0.279. The first kappa shape index (κ1) is 18.8. The highest BCUT2D eigenvalue weighted by Gasteiger charge is 2.44. The van der Waals surface area contributed by atoms with Gasteiger partial charge >= 0.3 is 5.97 Å². The molecule has 1 aromatic heterocycles. The lowest BCUT2D eigenvalue weighted by atomic mass is 9.87. The van der Waals surface area contributed by atoms with Crippen LogP contribution in [0.2, 0.25) is 5.15 Å². The summed E-state index contributed by atoms with van der Waals surface area (Å²) in [7, 11) is 1.32. The summed E-state index contributed by atoms with van der Waals surface area (Å²) in [4.78, 5) is 29.4. The molecule has 134 valence electrons. The second-order valence-corrected chi connectivity index (χ2v) is 8.49. The molecule has 0 saturated carbocycles. The number of aromatic nitrogens is 2. The van der Waals surface area contributed by atoms with Crippen molar-refractivity contribution in [2.75, 3.05) is 12.4 Å². The van der Waals surface area contributed by atoms with Gasteiger partial charge in [-0.3, -0.25) is 9.36 Å². The highest BCUT2D eigenvalue weighted by molar-refractivity contribution is 6.30. The number of methoxy groups -OCH3 is 1. The Morgan fingerprint density at radius 1 is 1.46 bits per heavy atom. The minimum atomic E-state index is -0.682. The van der Waals surface area contributed by atoms with Crippen LogP contribution < -0.4 is 10.9 Å². The molecule has 1 aliphatic rings. The Kier molecular flexibility index (Phi) is 4.74. The molecule has 0 saturated heterocycles. The Balaban J connectivity index is 2.60. The van der Waals surface area contributed by atoms with Gasteiger partial charge in [-0.05, 0) is 18.8 Å². The van der Waals surface area contributed by atoms with Crippen molar-refractivity contribution < 1.29 is 9.53 Å². The van der Waals surface area contributed by atoms with Crippen molar-refractivity contribution in [2.45, 2.75) is 65.5 Å². The van der Waals surface area contributed by atoms with E-state index in [0.29, 0.717) is 12.1 Å². The SMILES string of the molecule is COC(=O)[C@@H]1CC(C)(C)c2c(Cl)nc(NC(C)C(C)(C)C)c(=O)n21. The van der Waals surface area contributed by atoms with Gasteiger partial charge < -0.3 is 10.1 Å². The molecule has 0 bridgehead atoms. The van der Waals surface area contributed by atoms with E-state index in [1.54, 1.807) is 0 Å². The quantitative estimate of drug-likeness (QED) is 0.843. The summed E-state index contributed by atoms with van der Waals surface area (Å²) in [6.45, 7) is 12.1. The average Bonchev–Trinajstić information content (AvgIpc) is 2.74. The molecule has 0 spiro atoms. The van der Waals surface area contributed by atoms with Gasteiger partial charge in [0.05, 0.1) is 12.8 Å². The summed E-state index contributed by atoms with van der Waals surface area (Å²) >= 11 is 6.38. The van der Waals surface area contributed by atoms with Crippen molar-refractivity contribution in [2.24, 2.45) is 5.41 Å². The summed E-state index contributed by atoms with van der Waals surface area (Å²) in [5.41, 5.74) is -0.258. The summed E-state index contributed by atoms with van der Waals surface area (Å²) in [6.07, 6.45) is 0.453. The van der Waals surface area contributed by atoms with E-state index >= 15 is 0 Å². The van der Waals surface area contributed by atoms with Gasteiger partial charge in [0.15, 0.2) is 11.0 Å². The third kappa shape index (κ3) is 3.16. The largest absolute Gasteiger partial charge is 0.467 e. The fourth-order valence-corrected chi connectivity index (χ4v) is 3.36. The number of esters is 1. The molecular weight excluding hydrogens is 330 g/mol. The van der Waals surface area contributed by atoms with Gasteiger partial charge in [-0.1, -0.05) is 46.2 Å². The minimum absolute atomic E-state index is 0.00148. The second kappa shape index (κ2) is 6.06. The standard InChI is InChI=1S/C17H26ClN3O3/c1-9(16(2,3)4)19-13-14(22)21-10(15(23)24-7)8-17(5,6)11(21)12(18)20-13/h9-10H,8H2,1-7H3,(H,19,20)/t9?,10-/m0/s1. The lowest BCUT2D eigenvalue weighted by Crippen LogP contribution is -2.37. The van der Waals surface area contributed by atoms with Gasteiger partial charge in [0, 0.05) is 11.5 Å². The first-order valence-electron chi connectivity index (χ1n) is 8.07. The first-order valence-corrected chi connectivity index (χ1v) is 8.45. The number of nitrogens with one attached hydrogen (secondary N) is 1. The maximum absolute atomic E-state index is 13.0. The van der Waals surface area contributed by atoms with Gasteiger partial charge in [0.25, 0.3) is 5.56 Å². The molecule has 2 rings (SSSR count). The summed E-state index contributed by atoms with van der Waals surface area (Å²) in [5, 5.41) is 3.39. The number of carbonyl (C=O) groups is 1. The Morgan fingerprint density at radius 2 is 2.04 bits per heavy atom. The van der Waals surface area contributed by atoms with Crippen molar-refractivity contribution >= 4 is 23.4 Å². The highest BCUT2D eigenvalue weighted by Crippen LogP contribution is 2.43. The van der Waals surface area contributed by atoms with Crippen LogP contribution >= 0.6 is 11.6 Å². The van der Waals surface area contributed by atoms with E-state index < -0.39 is 17.4 Å². The van der Waals surface area contributed by atoms with Gasteiger partial charge in [0.1, 0.15) is 6.04 Å². The predicted octanol–water partition coefficient (Wildman–Crippen LogP) is 3.14. The number of carbonyl (C=O) groups excluding carboxylic acids is 1. The van der Waals surface area contributed by atoms with E-state index in [0.717, 1.165) is 0 Å². The number of ether oxygens (including phenoxy) is 1. The van der Waals surface area contributed by atoms with Crippen molar-refractivity contribution in [1.82, 2.24) is 9.55 Å². The van der Waals surface area contributed by atoms with Crippen LogP contribution in [-0.4, -0.2) is 28.7 Å². The summed E-state index contributed by atoms with van der Waals surface area (Å²) < 4.78 is 6.32. The third-order valence-corrected chi connectivity index (χ3v) is 5.11. The number of rotatable bonds is 3. The number of hydrogen-bond donors (Lipinski definition) is 1. The molecule has 0 aromatic carbocycles. The Morgan fingerprint density at radius 3 is 2.54 bits per heavy atom. The van der Waals surface area contributed by atoms with Crippen LogP contribution in [0.4, 0.5) is 5.82 Å². The lowest BCUT2D eigenvalue weighted by molar-refractivity contribution is -0.144. The fourth-order valence-electron chi connectivity index (χ4n) is 2.93. The zero-order valence-corrected chi connectivity index (χ0v) is 16.1. The molecule has 0 aliphatic carbocycles. The second-order valence-electron chi connectivity index (χ2n) is 8.13. The van der Waals surface area contributed by atoms with Gasteiger partial charge in [-0.2, -0.15) is 0 Å². The van der Waals surface area contributed by atoms with Gasteiger partial charge in [-0.25, -0.2) is 9.78 Å². The molecule has 0 fully saturated rings. The monoisotopic (exact) mass is 355 g/mol. The van der Waals surface area contributed by atoms with Crippen LogP contribution in [0, 0.1) is 5.41 Å². The summed E-state index contributed by atoms with van der Waals surface area (Å²) in [6, 6.07) is -0.683. The van der Waals surface area contributed by atoms with Gasteiger partial charge in [0.2, 0.25) is 0 Å². The van der Waals surface area contributed by atoms with E-state index in [-0.39, 0.29) is 28.0 Å². The molecule has 6 nitrogen and oxygen atoms in total. The van der Waals surface area contributed by atoms with Crippen LogP contribution in [0.3, 0.4) is 0 Å². The zero-order chi connectivity index (χ0) is 18.4. The lowest BCUT2D eigenvalue weighted by Gasteiger charge is -2.28. The molecule has 1 aliphatic heterocycles. The van der Waals surface area contributed by atoms with Crippen molar-refractivity contribution in [3.8, 4) is 0 Å². The first-order chi connectivity index (χ1) is 10.9. The molecule has 1 aromatic rings. The molecule has 0 amide bonds.